The van der Waals surface area contributed by atoms with Crippen molar-refractivity contribution in [2.45, 2.75) is 4.90 Å². The number of ether oxygens (including phenoxy) is 1. The Morgan fingerprint density at radius 1 is 0.811 bits per heavy atom. The molecule has 0 radical (unpaired) electrons. The molecule has 0 bridgehead atoms. The molecule has 4 aromatic rings. The van der Waals surface area contributed by atoms with Gasteiger partial charge < -0.3 is 4.74 Å². The third-order valence-electron chi connectivity index (χ3n) is 5.02. The topological polar surface area (TPSA) is 114 Å². The molecular formula is C27H20IN3O5S. The number of hydrazone groups is 1. The van der Waals surface area contributed by atoms with Gasteiger partial charge in [0.1, 0.15) is 5.75 Å². The van der Waals surface area contributed by atoms with Gasteiger partial charge in [-0.15, -0.1) is 0 Å². The number of nitrogens with zero attached hydrogens (tertiary/aromatic N) is 1. The van der Waals surface area contributed by atoms with Gasteiger partial charge in [-0.1, -0.05) is 30.3 Å². The standard InChI is InChI=1S/C27H20IN3O5S/c28-25-9-5-4-8-24(25)27(33)36-22-16-10-19(11-17-22)18-29-30-26(32)20-12-14-21(15-13-20)31-37(34,35)23-6-2-1-3-7-23/h1-18,31H,(H,30,32)/b29-18+. The summed E-state index contributed by atoms with van der Waals surface area (Å²) in [5, 5.41) is 3.94. The molecule has 0 saturated heterocycles. The van der Waals surface area contributed by atoms with Crippen LogP contribution in [0, 0.1) is 3.57 Å². The zero-order chi connectivity index (χ0) is 26.3. The number of hydrogen-bond acceptors (Lipinski definition) is 6. The maximum absolute atomic E-state index is 12.4. The molecule has 186 valence electrons. The first-order chi connectivity index (χ1) is 17.8. The Morgan fingerprint density at radius 3 is 2.14 bits per heavy atom. The highest BCUT2D eigenvalue weighted by atomic mass is 127. The van der Waals surface area contributed by atoms with Crippen molar-refractivity contribution in [3.8, 4) is 5.75 Å². The summed E-state index contributed by atoms with van der Waals surface area (Å²) in [6, 6.07) is 27.8. The number of halogens is 1. The molecule has 0 aliphatic rings. The number of amides is 1. The number of rotatable bonds is 8. The van der Waals surface area contributed by atoms with E-state index in [4.69, 9.17) is 4.74 Å². The largest absolute Gasteiger partial charge is 0.423 e. The molecular weight excluding hydrogens is 605 g/mol. The second-order valence-corrected chi connectivity index (χ2v) is 10.5. The molecule has 1 amide bonds. The summed E-state index contributed by atoms with van der Waals surface area (Å²) in [5.41, 5.74) is 4.22. The van der Waals surface area contributed by atoms with E-state index in [1.165, 1.54) is 42.6 Å². The summed E-state index contributed by atoms with van der Waals surface area (Å²) in [6.07, 6.45) is 1.45. The van der Waals surface area contributed by atoms with Gasteiger partial charge in [-0.3, -0.25) is 9.52 Å². The zero-order valence-corrected chi connectivity index (χ0v) is 22.1. The minimum Gasteiger partial charge on any atom is -0.423 e. The van der Waals surface area contributed by atoms with Gasteiger partial charge in [0.15, 0.2) is 0 Å². The predicted molar refractivity (Wildman–Crippen MR) is 149 cm³/mol. The Labute approximate surface area is 227 Å². The van der Waals surface area contributed by atoms with Crippen molar-refractivity contribution in [3.05, 3.63) is 123 Å². The van der Waals surface area contributed by atoms with Crippen LogP contribution >= 0.6 is 22.6 Å². The second kappa shape index (κ2) is 11.8. The number of nitrogens with one attached hydrogen (secondary N) is 2. The highest BCUT2D eigenvalue weighted by Crippen LogP contribution is 2.18. The molecule has 4 aromatic carbocycles. The summed E-state index contributed by atoms with van der Waals surface area (Å²) in [4.78, 5) is 24.8. The van der Waals surface area contributed by atoms with E-state index in [0.29, 0.717) is 28.1 Å². The maximum atomic E-state index is 12.4. The average molecular weight is 625 g/mol. The van der Waals surface area contributed by atoms with Crippen molar-refractivity contribution in [2.24, 2.45) is 5.10 Å². The lowest BCUT2D eigenvalue weighted by Gasteiger charge is -2.08. The molecule has 0 aromatic heterocycles. The first-order valence-electron chi connectivity index (χ1n) is 10.9. The molecule has 0 spiro atoms. The Balaban J connectivity index is 1.31. The van der Waals surface area contributed by atoms with Crippen LogP contribution < -0.4 is 14.9 Å². The monoisotopic (exact) mass is 625 g/mol. The van der Waals surface area contributed by atoms with E-state index in [0.717, 1.165) is 3.57 Å². The molecule has 0 aliphatic carbocycles. The van der Waals surface area contributed by atoms with E-state index in [2.05, 4.69) is 37.8 Å². The van der Waals surface area contributed by atoms with E-state index >= 15 is 0 Å². The van der Waals surface area contributed by atoms with E-state index < -0.39 is 21.9 Å². The summed E-state index contributed by atoms with van der Waals surface area (Å²) in [5.74, 6) is -0.525. The van der Waals surface area contributed by atoms with Gasteiger partial charge >= 0.3 is 5.97 Å². The highest BCUT2D eigenvalue weighted by Gasteiger charge is 2.14. The van der Waals surface area contributed by atoms with E-state index in [9.17, 15) is 18.0 Å². The van der Waals surface area contributed by atoms with Gasteiger partial charge in [0.25, 0.3) is 15.9 Å². The van der Waals surface area contributed by atoms with Crippen molar-refractivity contribution < 1.29 is 22.7 Å². The van der Waals surface area contributed by atoms with Crippen molar-refractivity contribution >= 4 is 56.4 Å². The van der Waals surface area contributed by atoms with Gasteiger partial charge in [-0.05, 0) is 101 Å². The molecule has 0 saturated carbocycles. The maximum Gasteiger partial charge on any atom is 0.344 e. The zero-order valence-electron chi connectivity index (χ0n) is 19.2. The van der Waals surface area contributed by atoms with Crippen molar-refractivity contribution in [1.29, 1.82) is 0 Å². The lowest BCUT2D eigenvalue weighted by molar-refractivity contribution is 0.0733. The minimum atomic E-state index is -3.72. The van der Waals surface area contributed by atoms with Gasteiger partial charge in [0.2, 0.25) is 0 Å². The van der Waals surface area contributed by atoms with Crippen LogP contribution in [0.15, 0.2) is 113 Å². The number of carbonyl (C=O) groups is 2. The number of carbonyl (C=O) groups excluding carboxylic acids is 2. The quantitative estimate of drug-likeness (QED) is 0.0933. The molecule has 0 aliphatic heterocycles. The molecule has 0 heterocycles. The summed E-state index contributed by atoms with van der Waals surface area (Å²) in [6.45, 7) is 0. The van der Waals surface area contributed by atoms with Crippen LogP contribution in [0.2, 0.25) is 0 Å². The molecule has 8 nitrogen and oxygen atoms in total. The van der Waals surface area contributed by atoms with Gasteiger partial charge in [0.05, 0.1) is 16.7 Å². The summed E-state index contributed by atoms with van der Waals surface area (Å²) < 4.78 is 33.5. The number of sulfonamides is 1. The third-order valence-corrected chi connectivity index (χ3v) is 7.35. The van der Waals surface area contributed by atoms with Crippen LogP contribution in [-0.4, -0.2) is 26.5 Å². The minimum absolute atomic E-state index is 0.142. The van der Waals surface area contributed by atoms with Crippen LogP contribution in [0.5, 0.6) is 5.75 Å². The molecule has 2 N–H and O–H groups in total. The third kappa shape index (κ3) is 7.02. The molecule has 4 rings (SSSR count). The fraction of sp³-hybridized carbons (Fsp3) is 0. The van der Waals surface area contributed by atoms with Crippen LogP contribution in [0.1, 0.15) is 26.3 Å². The van der Waals surface area contributed by atoms with E-state index in [1.807, 2.05) is 12.1 Å². The van der Waals surface area contributed by atoms with E-state index in [1.54, 1.807) is 54.6 Å². The van der Waals surface area contributed by atoms with Crippen molar-refractivity contribution in [2.75, 3.05) is 4.72 Å². The normalized spacial score (nSPS) is 11.2. The van der Waals surface area contributed by atoms with Gasteiger partial charge in [-0.2, -0.15) is 5.10 Å². The number of esters is 1. The molecule has 37 heavy (non-hydrogen) atoms. The van der Waals surface area contributed by atoms with E-state index in [-0.39, 0.29) is 4.90 Å². The fourth-order valence-corrected chi connectivity index (χ4v) is 4.83. The molecule has 0 atom stereocenters. The fourth-order valence-electron chi connectivity index (χ4n) is 3.14. The SMILES string of the molecule is O=C(N/N=C/c1ccc(OC(=O)c2ccccc2I)cc1)c1ccc(NS(=O)(=O)c2ccccc2)cc1. The number of benzene rings is 4. The first-order valence-corrected chi connectivity index (χ1v) is 13.5. The lowest BCUT2D eigenvalue weighted by Crippen LogP contribution is -2.18. The number of hydrogen-bond donors (Lipinski definition) is 2. The Hall–Kier alpha value is -4.03. The van der Waals surface area contributed by atoms with Gasteiger partial charge in [0, 0.05) is 14.8 Å². The Bertz CT molecular complexity index is 1540. The van der Waals surface area contributed by atoms with Crippen LogP contribution in [0.25, 0.3) is 0 Å². The Morgan fingerprint density at radius 2 is 1.46 bits per heavy atom. The van der Waals surface area contributed by atoms with Crippen LogP contribution in [-0.2, 0) is 10.0 Å². The molecule has 10 heteroatoms. The van der Waals surface area contributed by atoms with Gasteiger partial charge in [-0.25, -0.2) is 18.6 Å². The number of anilines is 1. The lowest BCUT2D eigenvalue weighted by atomic mass is 10.2. The smallest absolute Gasteiger partial charge is 0.344 e. The summed E-state index contributed by atoms with van der Waals surface area (Å²) in [7, 11) is -3.72. The molecule has 0 fully saturated rings. The van der Waals surface area contributed by atoms with Crippen molar-refractivity contribution in [3.63, 3.8) is 0 Å². The average Bonchev–Trinajstić information content (AvgIpc) is 2.90. The van der Waals surface area contributed by atoms with Crippen LogP contribution in [0.3, 0.4) is 0 Å². The highest BCUT2D eigenvalue weighted by molar-refractivity contribution is 14.1. The van der Waals surface area contributed by atoms with Crippen LogP contribution in [0.4, 0.5) is 5.69 Å². The molecule has 0 unspecified atom stereocenters. The van der Waals surface area contributed by atoms with Crippen molar-refractivity contribution in [1.82, 2.24) is 5.43 Å². The predicted octanol–water partition coefficient (Wildman–Crippen LogP) is 5.08. The summed E-state index contributed by atoms with van der Waals surface area (Å²) >= 11 is 2.08. The second-order valence-electron chi connectivity index (χ2n) is 7.63. The first kappa shape index (κ1) is 26.0. The Kier molecular flexibility index (Phi) is 8.31.